The molecule has 0 saturated carbocycles. The summed E-state index contributed by atoms with van der Waals surface area (Å²) in [5.41, 5.74) is -4.46. The van der Waals surface area contributed by atoms with E-state index in [0.29, 0.717) is 6.07 Å². The summed E-state index contributed by atoms with van der Waals surface area (Å²) in [5.74, 6) is -1.48. The Balaban J connectivity index is 2.70. The van der Waals surface area contributed by atoms with Crippen LogP contribution in [0.2, 0.25) is 5.02 Å². The second kappa shape index (κ2) is 6.40. The van der Waals surface area contributed by atoms with Gasteiger partial charge in [-0.1, -0.05) is 11.6 Å². The number of aromatic nitrogens is 2. The standard InChI is InChI=1S/C14H10ClF7N2O/c1-6(2)25-10-4-9(8(16)3-7(10)15)24-12(14(20,21)22)5-11(23-24)13(17,18)19/h3-6H,1-2H3. The van der Waals surface area contributed by atoms with Crippen LogP contribution in [0.5, 0.6) is 5.75 Å². The first kappa shape index (κ1) is 19.4. The van der Waals surface area contributed by atoms with E-state index in [1.54, 1.807) is 13.8 Å². The molecule has 1 aromatic heterocycles. The predicted molar refractivity (Wildman–Crippen MR) is 74.3 cm³/mol. The molecule has 0 amide bonds. The molecule has 25 heavy (non-hydrogen) atoms. The van der Waals surface area contributed by atoms with Crippen molar-refractivity contribution in [2.24, 2.45) is 0 Å². The third-order valence-corrected chi connectivity index (χ3v) is 3.18. The quantitative estimate of drug-likeness (QED) is 0.648. The SMILES string of the molecule is CC(C)Oc1cc(-n2nc(C(F)(F)F)cc2C(F)(F)F)c(F)cc1Cl. The maximum atomic E-state index is 14.1. The number of benzene rings is 1. The van der Waals surface area contributed by atoms with E-state index in [0.717, 1.165) is 6.07 Å². The van der Waals surface area contributed by atoms with Gasteiger partial charge >= 0.3 is 12.4 Å². The molecule has 1 heterocycles. The lowest BCUT2D eigenvalue weighted by Crippen LogP contribution is -2.15. The van der Waals surface area contributed by atoms with Gasteiger partial charge in [0.1, 0.15) is 17.1 Å². The topological polar surface area (TPSA) is 27.1 Å². The first-order valence-electron chi connectivity index (χ1n) is 6.71. The van der Waals surface area contributed by atoms with Crippen LogP contribution in [0.4, 0.5) is 30.7 Å². The van der Waals surface area contributed by atoms with Crippen molar-refractivity contribution in [3.05, 3.63) is 40.4 Å². The number of halogens is 8. The summed E-state index contributed by atoms with van der Waals surface area (Å²) in [6.45, 7) is 3.16. The second-order valence-electron chi connectivity index (χ2n) is 5.22. The van der Waals surface area contributed by atoms with Gasteiger partial charge in [0, 0.05) is 12.1 Å². The summed E-state index contributed by atoms with van der Waals surface area (Å²) in [4.78, 5) is 0. The van der Waals surface area contributed by atoms with Gasteiger partial charge in [0.05, 0.1) is 11.1 Å². The number of hydrogen-bond donors (Lipinski definition) is 0. The first-order chi connectivity index (χ1) is 11.3. The van der Waals surface area contributed by atoms with Crippen molar-refractivity contribution in [1.82, 2.24) is 9.78 Å². The summed E-state index contributed by atoms with van der Waals surface area (Å²) >= 11 is 5.74. The van der Waals surface area contributed by atoms with Crippen LogP contribution in [0.25, 0.3) is 5.69 Å². The van der Waals surface area contributed by atoms with Crippen molar-refractivity contribution in [2.75, 3.05) is 0 Å². The van der Waals surface area contributed by atoms with Gasteiger partial charge in [-0.3, -0.25) is 0 Å². The molecule has 0 bridgehead atoms. The molecule has 0 spiro atoms. The Morgan fingerprint density at radius 2 is 1.64 bits per heavy atom. The van der Waals surface area contributed by atoms with E-state index in [2.05, 4.69) is 5.10 Å². The average Bonchev–Trinajstić information content (AvgIpc) is 2.86. The Labute approximate surface area is 141 Å². The molecule has 0 N–H and O–H groups in total. The van der Waals surface area contributed by atoms with Crippen LogP contribution in [0.15, 0.2) is 18.2 Å². The third-order valence-electron chi connectivity index (χ3n) is 2.88. The van der Waals surface area contributed by atoms with Crippen LogP contribution in [0, 0.1) is 5.82 Å². The Morgan fingerprint density at radius 3 is 2.12 bits per heavy atom. The summed E-state index contributed by atoms with van der Waals surface area (Å²) < 4.78 is 96.4. The Bertz CT molecular complexity index is 781. The number of alkyl halides is 6. The molecule has 0 aliphatic carbocycles. The smallest absolute Gasteiger partial charge is 0.435 e. The number of nitrogens with zero attached hydrogens (tertiary/aromatic N) is 2. The minimum atomic E-state index is -5.19. The van der Waals surface area contributed by atoms with Crippen molar-refractivity contribution in [3.8, 4) is 11.4 Å². The summed E-state index contributed by atoms with van der Waals surface area (Å²) in [6, 6.07) is 1.21. The lowest BCUT2D eigenvalue weighted by Gasteiger charge is -2.15. The van der Waals surface area contributed by atoms with Crippen molar-refractivity contribution in [1.29, 1.82) is 0 Å². The molecule has 0 aliphatic heterocycles. The normalized spacial score (nSPS) is 12.8. The summed E-state index contributed by atoms with van der Waals surface area (Å²) in [6.07, 6.45) is -10.8. The van der Waals surface area contributed by atoms with E-state index in [-0.39, 0.29) is 21.5 Å². The van der Waals surface area contributed by atoms with Gasteiger partial charge in [0.25, 0.3) is 0 Å². The molecular formula is C14H10ClF7N2O. The van der Waals surface area contributed by atoms with Gasteiger partial charge in [0.15, 0.2) is 11.5 Å². The zero-order chi connectivity index (χ0) is 19.2. The zero-order valence-electron chi connectivity index (χ0n) is 12.6. The van der Waals surface area contributed by atoms with Crippen LogP contribution in [-0.4, -0.2) is 15.9 Å². The molecule has 0 atom stereocenters. The molecule has 3 nitrogen and oxygen atoms in total. The van der Waals surface area contributed by atoms with Crippen LogP contribution >= 0.6 is 11.6 Å². The van der Waals surface area contributed by atoms with E-state index in [9.17, 15) is 30.7 Å². The molecule has 0 unspecified atom stereocenters. The molecule has 2 aromatic rings. The van der Waals surface area contributed by atoms with Gasteiger partial charge in [0.2, 0.25) is 0 Å². The summed E-state index contributed by atoms with van der Waals surface area (Å²) in [7, 11) is 0. The highest BCUT2D eigenvalue weighted by atomic mass is 35.5. The molecule has 138 valence electrons. The Kier molecular flexibility index (Phi) is 4.95. The molecule has 2 rings (SSSR count). The minimum Gasteiger partial charge on any atom is -0.489 e. The maximum absolute atomic E-state index is 14.1. The Morgan fingerprint density at radius 1 is 1.04 bits per heavy atom. The number of hydrogen-bond acceptors (Lipinski definition) is 2. The molecule has 0 aliphatic rings. The largest absolute Gasteiger partial charge is 0.489 e. The van der Waals surface area contributed by atoms with Gasteiger partial charge in [-0.2, -0.15) is 31.4 Å². The highest BCUT2D eigenvalue weighted by Crippen LogP contribution is 2.38. The predicted octanol–water partition coefficient (Wildman–Crippen LogP) is 5.49. The van der Waals surface area contributed by atoms with E-state index in [4.69, 9.17) is 16.3 Å². The second-order valence-corrected chi connectivity index (χ2v) is 5.63. The third kappa shape index (κ3) is 4.17. The number of rotatable bonds is 3. The molecule has 0 fully saturated rings. The van der Waals surface area contributed by atoms with E-state index < -0.39 is 41.3 Å². The van der Waals surface area contributed by atoms with Crippen LogP contribution in [0.3, 0.4) is 0 Å². The fraction of sp³-hybridized carbons (Fsp3) is 0.357. The van der Waals surface area contributed by atoms with Crippen LogP contribution < -0.4 is 4.74 Å². The monoisotopic (exact) mass is 390 g/mol. The lowest BCUT2D eigenvalue weighted by molar-refractivity contribution is -0.143. The average molecular weight is 391 g/mol. The minimum absolute atomic E-state index is 0.165. The highest BCUT2D eigenvalue weighted by Gasteiger charge is 2.42. The number of ether oxygens (including phenoxy) is 1. The van der Waals surface area contributed by atoms with Gasteiger partial charge in [-0.25, -0.2) is 9.07 Å². The Hall–Kier alpha value is -1.97. The van der Waals surface area contributed by atoms with Gasteiger partial charge in [-0.05, 0) is 19.9 Å². The van der Waals surface area contributed by atoms with Crippen molar-refractivity contribution in [3.63, 3.8) is 0 Å². The summed E-state index contributed by atoms with van der Waals surface area (Å²) in [5, 5.41) is 2.62. The van der Waals surface area contributed by atoms with Gasteiger partial charge < -0.3 is 4.74 Å². The zero-order valence-corrected chi connectivity index (χ0v) is 13.4. The fourth-order valence-electron chi connectivity index (χ4n) is 1.93. The first-order valence-corrected chi connectivity index (χ1v) is 7.09. The van der Waals surface area contributed by atoms with Crippen LogP contribution in [-0.2, 0) is 12.4 Å². The molecule has 11 heteroatoms. The van der Waals surface area contributed by atoms with Crippen molar-refractivity contribution < 1.29 is 35.5 Å². The van der Waals surface area contributed by atoms with Crippen molar-refractivity contribution >= 4 is 11.6 Å². The highest BCUT2D eigenvalue weighted by molar-refractivity contribution is 6.32. The van der Waals surface area contributed by atoms with E-state index in [1.807, 2.05) is 0 Å². The molecule has 0 saturated heterocycles. The lowest BCUT2D eigenvalue weighted by atomic mass is 10.2. The molecule has 1 aromatic carbocycles. The molecular weight excluding hydrogens is 381 g/mol. The van der Waals surface area contributed by atoms with Crippen molar-refractivity contribution in [2.45, 2.75) is 32.3 Å². The van der Waals surface area contributed by atoms with Gasteiger partial charge in [-0.15, -0.1) is 0 Å². The maximum Gasteiger partial charge on any atom is 0.435 e. The van der Waals surface area contributed by atoms with Crippen LogP contribution in [0.1, 0.15) is 25.2 Å². The fourth-order valence-corrected chi connectivity index (χ4v) is 2.13. The van der Waals surface area contributed by atoms with E-state index in [1.165, 1.54) is 0 Å². The van der Waals surface area contributed by atoms with E-state index >= 15 is 0 Å². The molecule has 0 radical (unpaired) electrons.